The van der Waals surface area contributed by atoms with Gasteiger partial charge in [-0.3, -0.25) is 4.99 Å². The molecule has 0 spiro atoms. The smallest absolute Gasteiger partial charge is 0.135 e. The number of hydrogen-bond donors (Lipinski definition) is 0. The summed E-state index contributed by atoms with van der Waals surface area (Å²) >= 11 is 0. The Kier molecular flexibility index (Phi) is 26.1. The fourth-order valence-corrected chi connectivity index (χ4v) is 7.18. The van der Waals surface area contributed by atoms with Gasteiger partial charge in [0.2, 0.25) is 0 Å². The van der Waals surface area contributed by atoms with Crippen molar-refractivity contribution >= 4 is 22.8 Å². The highest BCUT2D eigenvalue weighted by molar-refractivity contribution is 6.49. The molecule has 2 rings (SSSR count). The molecule has 0 aliphatic heterocycles. The van der Waals surface area contributed by atoms with E-state index in [9.17, 15) is 0 Å². The van der Waals surface area contributed by atoms with Crippen LogP contribution < -0.4 is 0 Å². The summed E-state index contributed by atoms with van der Waals surface area (Å²) < 4.78 is 0. The zero-order valence-electron chi connectivity index (χ0n) is 34.5. The average molecular weight is 695 g/mol. The molecule has 0 aliphatic rings. The number of aryl methyl sites for hydroxylation is 4. The molecule has 0 aliphatic carbocycles. The van der Waals surface area contributed by atoms with Gasteiger partial charge in [-0.05, 0) is 97.4 Å². The van der Waals surface area contributed by atoms with Crippen LogP contribution >= 0.6 is 0 Å². The largest absolute Gasteiger partial charge is 0.251 e. The quantitative estimate of drug-likeness (QED) is 0.0460. The molecule has 0 saturated heterocycles. The molecule has 2 heteroatoms. The number of aliphatic imine (C=N–C) groups is 2. The molecule has 2 aromatic carbocycles. The molecule has 2 aromatic rings. The molecule has 0 N–H and O–H groups in total. The summed E-state index contributed by atoms with van der Waals surface area (Å²) in [6.45, 7) is 13.6. The predicted molar refractivity (Wildman–Crippen MR) is 230 cm³/mol. The fourth-order valence-electron chi connectivity index (χ4n) is 7.18. The first-order chi connectivity index (χ1) is 25.1. The van der Waals surface area contributed by atoms with E-state index >= 15 is 0 Å². The number of unbranched alkanes of at least 4 members (excludes halogenated alkanes) is 18. The molecule has 284 valence electrons. The van der Waals surface area contributed by atoms with E-state index in [1.807, 2.05) is 0 Å². The number of benzene rings is 2. The van der Waals surface area contributed by atoms with E-state index in [1.165, 1.54) is 144 Å². The molecular formula is C49H78N2. The molecule has 0 unspecified atom stereocenters. The van der Waals surface area contributed by atoms with Crippen molar-refractivity contribution < 1.29 is 0 Å². The molecule has 0 radical (unpaired) electrons. The summed E-state index contributed by atoms with van der Waals surface area (Å²) in [5.41, 5.74) is 9.71. The van der Waals surface area contributed by atoms with Crippen molar-refractivity contribution in [1.82, 2.24) is 0 Å². The Labute approximate surface area is 317 Å². The maximum Gasteiger partial charge on any atom is 0.135 e. The van der Waals surface area contributed by atoms with Crippen LogP contribution in [-0.2, 0) is 25.7 Å². The van der Waals surface area contributed by atoms with Gasteiger partial charge in [-0.1, -0.05) is 182 Å². The summed E-state index contributed by atoms with van der Waals surface area (Å²) in [6, 6.07) is 13.6. The molecule has 0 saturated carbocycles. The molecule has 2 nitrogen and oxygen atoms in total. The lowest BCUT2D eigenvalue weighted by molar-refractivity contribution is 0.533. The average Bonchev–Trinajstić information content (AvgIpc) is 3.14. The molecular weight excluding hydrogens is 617 g/mol. The Morgan fingerprint density at radius 2 is 0.922 bits per heavy atom. The van der Waals surface area contributed by atoms with Gasteiger partial charge in [0.15, 0.2) is 0 Å². The van der Waals surface area contributed by atoms with E-state index in [0.717, 1.165) is 74.2 Å². The van der Waals surface area contributed by atoms with E-state index in [0.29, 0.717) is 0 Å². The molecule has 51 heavy (non-hydrogen) atoms. The second-order valence-electron chi connectivity index (χ2n) is 14.9. The molecule has 0 heterocycles. The Morgan fingerprint density at radius 3 is 1.47 bits per heavy atom. The zero-order valence-corrected chi connectivity index (χ0v) is 34.5. The van der Waals surface area contributed by atoms with Gasteiger partial charge < -0.3 is 0 Å². The number of hydrogen-bond acceptors (Lipinski definition) is 2. The Morgan fingerprint density at radius 1 is 0.451 bits per heavy atom. The summed E-state index contributed by atoms with van der Waals surface area (Å²) in [6.07, 6.45) is 34.1. The van der Waals surface area contributed by atoms with Crippen LogP contribution in [0.1, 0.15) is 211 Å². The lowest BCUT2D eigenvalue weighted by Gasteiger charge is -2.11. The molecule has 0 fully saturated rings. The minimum absolute atomic E-state index is 0.869. The maximum atomic E-state index is 5.35. The number of rotatable bonds is 29. The van der Waals surface area contributed by atoms with Gasteiger partial charge in [-0.25, -0.2) is 4.99 Å². The van der Waals surface area contributed by atoms with Crippen LogP contribution in [0.4, 0.5) is 11.4 Å². The monoisotopic (exact) mass is 695 g/mol. The minimum atomic E-state index is 0.869. The lowest BCUT2D eigenvalue weighted by Crippen LogP contribution is -2.12. The van der Waals surface area contributed by atoms with Crippen molar-refractivity contribution in [2.75, 3.05) is 0 Å². The lowest BCUT2D eigenvalue weighted by atomic mass is 9.98. The predicted octanol–water partition coefficient (Wildman–Crippen LogP) is 15.8. The third kappa shape index (κ3) is 19.7. The fraction of sp³-hybridized carbons (Fsp3) is 0.673. The first kappa shape index (κ1) is 44.5. The van der Waals surface area contributed by atoms with E-state index in [4.69, 9.17) is 9.98 Å². The second-order valence-corrected chi connectivity index (χ2v) is 14.9. The summed E-state index contributed by atoms with van der Waals surface area (Å²) in [7, 11) is 0. The van der Waals surface area contributed by atoms with Crippen LogP contribution in [-0.4, -0.2) is 11.4 Å². The van der Waals surface area contributed by atoms with Gasteiger partial charge in [0.1, 0.15) is 5.71 Å². The van der Waals surface area contributed by atoms with Gasteiger partial charge >= 0.3 is 0 Å². The maximum absolute atomic E-state index is 5.35. The molecule has 0 bridgehead atoms. The van der Waals surface area contributed by atoms with E-state index in [-0.39, 0.29) is 0 Å². The summed E-state index contributed by atoms with van der Waals surface area (Å²) in [5, 5.41) is 0. The van der Waals surface area contributed by atoms with Gasteiger partial charge in [-0.2, -0.15) is 0 Å². The highest BCUT2D eigenvalue weighted by atomic mass is 14.8. The van der Waals surface area contributed by atoms with Crippen molar-refractivity contribution in [2.45, 2.75) is 215 Å². The van der Waals surface area contributed by atoms with Crippen LogP contribution in [0.15, 0.2) is 46.4 Å². The van der Waals surface area contributed by atoms with Crippen LogP contribution in [0.3, 0.4) is 0 Å². The standard InChI is InChI=1S/C49H78N2/c1-7-13-15-17-18-19-20-21-22-23-24-25-26-27-28-29-31-35-49(50-46-38-36-42(11-5)43(12-6)40-46)48(34-30-16-14-8-2)51-47-39-37-44(32-9-3)45(41-47)33-10-4/h36-41H,7-30,32-34H2,1-6H3. The van der Waals surface area contributed by atoms with Gasteiger partial charge in [0, 0.05) is 6.42 Å². The Hall–Kier alpha value is -2.66. The highest BCUT2D eigenvalue weighted by Crippen LogP contribution is 2.24. The van der Waals surface area contributed by atoms with Crippen molar-refractivity contribution in [3.8, 4) is 11.8 Å². The SMILES string of the molecule is CCCCCCCCCCCCCCCCCC#CC(=Nc1ccc(CC)c(CC)c1)C(CCCCCC)=Nc1ccc(CCC)c(CCC)c1. The number of nitrogens with zero attached hydrogens (tertiary/aromatic N) is 2. The highest BCUT2D eigenvalue weighted by Gasteiger charge is 2.11. The van der Waals surface area contributed by atoms with Gasteiger partial charge in [0.25, 0.3) is 0 Å². The first-order valence-electron chi connectivity index (χ1n) is 22.0. The normalized spacial score (nSPS) is 12.0. The Bertz CT molecular complexity index is 1300. The topological polar surface area (TPSA) is 24.7 Å². The van der Waals surface area contributed by atoms with Crippen molar-refractivity contribution in [3.63, 3.8) is 0 Å². The third-order valence-corrected chi connectivity index (χ3v) is 10.3. The molecule has 0 amide bonds. The minimum Gasteiger partial charge on any atom is -0.251 e. The van der Waals surface area contributed by atoms with E-state index in [2.05, 4.69) is 89.8 Å². The van der Waals surface area contributed by atoms with Crippen molar-refractivity contribution in [2.24, 2.45) is 9.98 Å². The summed E-state index contributed by atoms with van der Waals surface area (Å²) in [4.78, 5) is 10.6. The molecule has 0 atom stereocenters. The van der Waals surface area contributed by atoms with Crippen LogP contribution in [0.5, 0.6) is 0 Å². The van der Waals surface area contributed by atoms with Gasteiger partial charge in [-0.15, -0.1) is 0 Å². The van der Waals surface area contributed by atoms with Crippen molar-refractivity contribution in [3.05, 3.63) is 58.7 Å². The van der Waals surface area contributed by atoms with E-state index in [1.54, 1.807) is 0 Å². The summed E-state index contributed by atoms with van der Waals surface area (Å²) in [5.74, 6) is 7.15. The van der Waals surface area contributed by atoms with Crippen LogP contribution in [0.2, 0.25) is 0 Å². The van der Waals surface area contributed by atoms with Crippen molar-refractivity contribution in [1.29, 1.82) is 0 Å². The van der Waals surface area contributed by atoms with Crippen LogP contribution in [0.25, 0.3) is 0 Å². The van der Waals surface area contributed by atoms with Crippen LogP contribution in [0, 0.1) is 11.8 Å². The van der Waals surface area contributed by atoms with Gasteiger partial charge in [0.05, 0.1) is 17.1 Å². The zero-order chi connectivity index (χ0) is 36.8. The second kappa shape index (κ2) is 29.9. The third-order valence-electron chi connectivity index (χ3n) is 10.3. The first-order valence-corrected chi connectivity index (χ1v) is 22.0. The molecule has 0 aromatic heterocycles. The van der Waals surface area contributed by atoms with E-state index < -0.39 is 0 Å². The Balaban J connectivity index is 2.13.